The van der Waals surface area contributed by atoms with Gasteiger partial charge in [-0.1, -0.05) is 207 Å². The molecular formula is C60H45N3. The van der Waals surface area contributed by atoms with Crippen LogP contribution in [0.1, 0.15) is 41.7 Å². The van der Waals surface area contributed by atoms with Crippen molar-refractivity contribution in [2.75, 3.05) is 0 Å². The molecule has 0 amide bonds. The Morgan fingerprint density at radius 1 is 0.492 bits per heavy atom. The topological polar surface area (TPSA) is 38.7 Å². The molecule has 0 saturated carbocycles. The highest BCUT2D eigenvalue weighted by atomic mass is 15.0. The van der Waals surface area contributed by atoms with Crippen molar-refractivity contribution in [1.82, 2.24) is 15.0 Å². The number of rotatable bonds is 9. The fourth-order valence-electron chi connectivity index (χ4n) is 9.72. The smallest absolute Gasteiger partial charge is 0.164 e. The van der Waals surface area contributed by atoms with Crippen LogP contribution in [0.3, 0.4) is 0 Å². The van der Waals surface area contributed by atoms with Crippen molar-refractivity contribution < 1.29 is 0 Å². The molecule has 2 aliphatic rings. The maximum atomic E-state index is 5.24. The Balaban J connectivity index is 1.14. The van der Waals surface area contributed by atoms with E-state index in [0.29, 0.717) is 17.5 Å². The van der Waals surface area contributed by atoms with E-state index in [4.69, 9.17) is 15.0 Å². The van der Waals surface area contributed by atoms with Gasteiger partial charge in [-0.05, 0) is 110 Å². The van der Waals surface area contributed by atoms with Crippen LogP contribution in [0.5, 0.6) is 0 Å². The number of hydrogen-bond donors (Lipinski definition) is 0. The summed E-state index contributed by atoms with van der Waals surface area (Å²) < 4.78 is 0. The van der Waals surface area contributed by atoms with Crippen molar-refractivity contribution in [3.8, 4) is 67.5 Å². The van der Waals surface area contributed by atoms with Crippen molar-refractivity contribution in [2.24, 2.45) is 0 Å². The third kappa shape index (κ3) is 6.57. The number of nitrogens with zero attached hydrogens (tertiary/aromatic N) is 3. The molecule has 10 rings (SSSR count). The highest BCUT2D eigenvalue weighted by Gasteiger charge is 2.54. The first-order valence-electron chi connectivity index (χ1n) is 21.5. The van der Waals surface area contributed by atoms with Gasteiger partial charge in [0.15, 0.2) is 17.5 Å². The van der Waals surface area contributed by atoms with Crippen LogP contribution in [-0.4, -0.2) is 15.0 Å². The molecule has 0 aliphatic heterocycles. The molecule has 1 spiro atoms. The van der Waals surface area contributed by atoms with Crippen molar-refractivity contribution >= 4 is 11.1 Å². The quantitative estimate of drug-likeness (QED) is 0.136. The zero-order valence-corrected chi connectivity index (χ0v) is 35.5. The van der Waals surface area contributed by atoms with Gasteiger partial charge < -0.3 is 0 Å². The third-order valence-corrected chi connectivity index (χ3v) is 12.4. The second-order valence-corrected chi connectivity index (χ2v) is 15.9. The summed E-state index contributed by atoms with van der Waals surface area (Å²) in [6.07, 6.45) is 14.4. The normalized spacial score (nSPS) is 14.9. The van der Waals surface area contributed by atoms with E-state index in [1.807, 2.05) is 67.6 Å². The highest BCUT2D eigenvalue weighted by molar-refractivity contribution is 6.03. The average molecular weight is 808 g/mol. The van der Waals surface area contributed by atoms with Gasteiger partial charge >= 0.3 is 0 Å². The summed E-state index contributed by atoms with van der Waals surface area (Å²) >= 11 is 0. The molecule has 0 atom stereocenters. The largest absolute Gasteiger partial charge is 0.208 e. The molecule has 300 valence electrons. The van der Waals surface area contributed by atoms with Gasteiger partial charge in [0.2, 0.25) is 0 Å². The van der Waals surface area contributed by atoms with Crippen molar-refractivity contribution in [3.05, 3.63) is 259 Å². The Labute approximate surface area is 370 Å². The third-order valence-electron chi connectivity index (χ3n) is 12.4. The molecule has 0 unspecified atom stereocenters. The van der Waals surface area contributed by atoms with Gasteiger partial charge in [-0.25, -0.2) is 15.0 Å². The molecule has 7 aromatic carbocycles. The Morgan fingerprint density at radius 2 is 1.02 bits per heavy atom. The highest BCUT2D eigenvalue weighted by Crippen LogP contribution is 2.65. The second-order valence-electron chi connectivity index (χ2n) is 15.9. The van der Waals surface area contributed by atoms with E-state index in [2.05, 4.69) is 172 Å². The minimum atomic E-state index is -0.490. The molecule has 1 aromatic heterocycles. The van der Waals surface area contributed by atoms with Gasteiger partial charge in [0.1, 0.15) is 0 Å². The molecule has 0 N–H and O–H groups in total. The van der Waals surface area contributed by atoms with E-state index >= 15 is 0 Å². The summed E-state index contributed by atoms with van der Waals surface area (Å²) in [7, 11) is 0. The van der Waals surface area contributed by atoms with E-state index in [0.717, 1.165) is 44.5 Å². The van der Waals surface area contributed by atoms with Crippen molar-refractivity contribution in [2.45, 2.75) is 19.3 Å². The minimum Gasteiger partial charge on any atom is -0.208 e. The summed E-state index contributed by atoms with van der Waals surface area (Å²) in [5.41, 5.74) is 18.9. The first kappa shape index (κ1) is 39.1. The summed E-state index contributed by atoms with van der Waals surface area (Å²) in [6, 6.07) is 60.4. The maximum absolute atomic E-state index is 5.24. The predicted molar refractivity (Wildman–Crippen MR) is 264 cm³/mol. The fourth-order valence-corrected chi connectivity index (χ4v) is 9.72. The lowest BCUT2D eigenvalue weighted by atomic mass is 9.68. The molecule has 8 aromatic rings. The Kier molecular flexibility index (Phi) is 10.2. The number of hydrogen-bond acceptors (Lipinski definition) is 3. The first-order valence-corrected chi connectivity index (χ1v) is 21.5. The van der Waals surface area contributed by atoms with Crippen LogP contribution in [-0.2, 0) is 5.41 Å². The van der Waals surface area contributed by atoms with Gasteiger partial charge in [-0.15, -0.1) is 0 Å². The SMILES string of the molecule is C=C/C=C1\C(=C/C)C2(c3ccccc3-c3ccccc32)c2c1cccc2-c1ccc(-c2nc(-c3ccccc3)nc(-c3cc(/C(C=C)=C/C=C\C)cc(-c4ccccc4)c3)n2)cc1. The van der Waals surface area contributed by atoms with Crippen LogP contribution in [0, 0.1) is 0 Å². The minimum absolute atomic E-state index is 0.490. The summed E-state index contributed by atoms with van der Waals surface area (Å²) in [4.78, 5) is 15.5. The molecule has 3 heteroatoms. The first-order chi connectivity index (χ1) is 31.1. The molecule has 0 bridgehead atoms. The zero-order chi connectivity index (χ0) is 42.9. The maximum Gasteiger partial charge on any atom is 0.164 e. The lowest BCUT2D eigenvalue weighted by molar-refractivity contribution is 0.795. The van der Waals surface area contributed by atoms with E-state index in [1.54, 1.807) is 0 Å². The predicted octanol–water partition coefficient (Wildman–Crippen LogP) is 15.2. The van der Waals surface area contributed by atoms with Crippen molar-refractivity contribution in [3.63, 3.8) is 0 Å². The van der Waals surface area contributed by atoms with Crippen LogP contribution >= 0.6 is 0 Å². The molecule has 0 radical (unpaired) electrons. The molecule has 2 aliphatic carbocycles. The van der Waals surface area contributed by atoms with Crippen LogP contribution in [0.4, 0.5) is 0 Å². The fraction of sp³-hybridized carbons (Fsp3) is 0.0500. The molecule has 1 heterocycles. The number of fused-ring (bicyclic) bond motifs is 7. The zero-order valence-electron chi connectivity index (χ0n) is 35.5. The van der Waals surface area contributed by atoms with Gasteiger partial charge in [0.25, 0.3) is 0 Å². The van der Waals surface area contributed by atoms with Gasteiger partial charge in [-0.2, -0.15) is 0 Å². The average Bonchev–Trinajstić information content (AvgIpc) is 3.81. The number of benzene rings is 7. The Morgan fingerprint density at radius 3 is 1.62 bits per heavy atom. The lowest BCUT2D eigenvalue weighted by Gasteiger charge is -2.32. The van der Waals surface area contributed by atoms with E-state index in [-0.39, 0.29) is 0 Å². The van der Waals surface area contributed by atoms with Gasteiger partial charge in [0.05, 0.1) is 5.41 Å². The summed E-state index contributed by atoms with van der Waals surface area (Å²) in [5, 5.41) is 0. The summed E-state index contributed by atoms with van der Waals surface area (Å²) in [6.45, 7) is 12.5. The summed E-state index contributed by atoms with van der Waals surface area (Å²) in [5.74, 6) is 1.81. The van der Waals surface area contributed by atoms with Crippen LogP contribution < -0.4 is 0 Å². The van der Waals surface area contributed by atoms with Crippen molar-refractivity contribution in [1.29, 1.82) is 0 Å². The number of allylic oxidation sites excluding steroid dienone is 10. The molecule has 63 heavy (non-hydrogen) atoms. The molecule has 0 saturated heterocycles. The van der Waals surface area contributed by atoms with Crippen LogP contribution in [0.25, 0.3) is 78.7 Å². The number of aromatic nitrogens is 3. The van der Waals surface area contributed by atoms with Gasteiger partial charge in [0, 0.05) is 16.7 Å². The monoisotopic (exact) mass is 807 g/mol. The van der Waals surface area contributed by atoms with E-state index in [9.17, 15) is 0 Å². The van der Waals surface area contributed by atoms with Crippen LogP contribution in [0.15, 0.2) is 231 Å². The Hall–Kier alpha value is -8.01. The van der Waals surface area contributed by atoms with Crippen LogP contribution in [0.2, 0.25) is 0 Å². The molecule has 0 fully saturated rings. The van der Waals surface area contributed by atoms with E-state index in [1.165, 1.54) is 50.1 Å². The molecule has 3 nitrogen and oxygen atoms in total. The van der Waals surface area contributed by atoms with Gasteiger partial charge in [-0.3, -0.25) is 0 Å². The van der Waals surface area contributed by atoms with E-state index < -0.39 is 5.41 Å². The lowest BCUT2D eigenvalue weighted by Crippen LogP contribution is -2.26. The second kappa shape index (κ2) is 16.5. The Bertz CT molecular complexity index is 3150. The molecular weight excluding hydrogens is 763 g/mol. The standard InChI is InChI=1S/C60H45N3/c1-5-9-22-40(7-3)45-37-46(41-23-12-10-13-24-41)39-47(38-45)59-62-57(43-25-14-11-15-26-43)61-58(63-59)44-35-33-42(34-36-44)48-29-20-30-52-49(21-6-2)53(8-4)60(56(48)52)54-31-18-16-27-50(54)51-28-17-19-32-55(51)60/h5-39H,2-3H2,1,4H3/b9-5-,40-22+,49-21-,53-8+.